The van der Waals surface area contributed by atoms with Crippen LogP contribution in [0.1, 0.15) is 18.2 Å². The molecule has 0 spiro atoms. The predicted molar refractivity (Wildman–Crippen MR) is 78.4 cm³/mol. The Kier molecular flexibility index (Phi) is 4.60. The van der Waals surface area contributed by atoms with E-state index < -0.39 is 32.6 Å². The fourth-order valence-corrected chi connectivity index (χ4v) is 3.08. The number of anilines is 1. The molecule has 8 heteroatoms. The molecule has 2 rings (SSSR count). The van der Waals surface area contributed by atoms with Crippen LogP contribution < -0.4 is 5.32 Å². The summed E-state index contributed by atoms with van der Waals surface area (Å²) in [4.78, 5) is 12.0. The number of carbonyl (C=O) groups is 1. The van der Waals surface area contributed by atoms with Crippen LogP contribution >= 0.6 is 0 Å². The molecule has 1 amide bonds. The lowest BCUT2D eigenvalue weighted by molar-refractivity contribution is -0.115. The normalized spacial score (nSPS) is 12.9. The van der Waals surface area contributed by atoms with Crippen LogP contribution in [0.15, 0.2) is 34.9 Å². The highest BCUT2D eigenvalue weighted by atomic mass is 32.2. The van der Waals surface area contributed by atoms with Gasteiger partial charge in [-0.25, -0.2) is 12.8 Å². The molecule has 0 bridgehead atoms. The second kappa shape index (κ2) is 6.27. The summed E-state index contributed by atoms with van der Waals surface area (Å²) in [6.07, 6.45) is 0. The first kappa shape index (κ1) is 16.2. The number of aryl methyl sites for hydroxylation is 1. The Hall–Kier alpha value is -2.22. The number of carbonyl (C=O) groups excluding carboxylic acids is 1. The highest BCUT2D eigenvalue weighted by molar-refractivity contribution is 7.92. The molecule has 1 aromatic heterocycles. The van der Waals surface area contributed by atoms with E-state index in [4.69, 9.17) is 4.52 Å². The van der Waals surface area contributed by atoms with Crippen LogP contribution in [0.3, 0.4) is 0 Å². The number of hydrogen-bond donors (Lipinski definition) is 1. The lowest BCUT2D eigenvalue weighted by Gasteiger charge is -2.12. The third-order valence-electron chi connectivity index (χ3n) is 3.04. The zero-order valence-electron chi connectivity index (χ0n) is 12.0. The van der Waals surface area contributed by atoms with Gasteiger partial charge in [0.25, 0.3) is 0 Å². The number of aromatic nitrogens is 1. The summed E-state index contributed by atoms with van der Waals surface area (Å²) < 4.78 is 42.3. The van der Waals surface area contributed by atoms with E-state index in [1.165, 1.54) is 31.2 Å². The Labute approximate surface area is 127 Å². The molecule has 0 saturated carbocycles. The molecule has 118 valence electrons. The minimum atomic E-state index is -3.78. The average Bonchev–Trinajstić information content (AvgIpc) is 2.82. The van der Waals surface area contributed by atoms with Crippen molar-refractivity contribution in [1.29, 1.82) is 0 Å². The van der Waals surface area contributed by atoms with Gasteiger partial charge in [0.15, 0.2) is 15.7 Å². The zero-order chi connectivity index (χ0) is 16.3. The van der Waals surface area contributed by atoms with E-state index in [0.717, 1.165) is 6.07 Å². The van der Waals surface area contributed by atoms with Crippen LogP contribution in [0.2, 0.25) is 0 Å². The van der Waals surface area contributed by atoms with E-state index in [1.807, 2.05) is 0 Å². The largest absolute Gasteiger partial charge is 0.360 e. The monoisotopic (exact) mass is 326 g/mol. The summed E-state index contributed by atoms with van der Waals surface area (Å²) in [6.45, 7) is 2.92. The third-order valence-corrected chi connectivity index (χ3v) is 5.07. The van der Waals surface area contributed by atoms with Crippen LogP contribution in [0.4, 0.5) is 10.2 Å². The summed E-state index contributed by atoms with van der Waals surface area (Å²) in [7, 11) is -3.78. The van der Waals surface area contributed by atoms with Gasteiger partial charge in [-0.1, -0.05) is 17.3 Å². The Bertz CT molecular complexity index is 786. The van der Waals surface area contributed by atoms with E-state index in [2.05, 4.69) is 10.5 Å². The smallest absolute Gasteiger partial charge is 0.243 e. The number of sulfone groups is 1. The van der Waals surface area contributed by atoms with Crippen LogP contribution in [0.25, 0.3) is 0 Å². The van der Waals surface area contributed by atoms with E-state index in [-0.39, 0.29) is 11.4 Å². The van der Waals surface area contributed by atoms with Crippen molar-refractivity contribution in [2.45, 2.75) is 24.9 Å². The maximum absolute atomic E-state index is 13.1. The van der Waals surface area contributed by atoms with Gasteiger partial charge in [0.05, 0.1) is 5.75 Å². The van der Waals surface area contributed by atoms with Gasteiger partial charge in [-0.15, -0.1) is 0 Å². The van der Waals surface area contributed by atoms with Gasteiger partial charge in [0, 0.05) is 6.07 Å². The number of nitrogens with zero attached hydrogens (tertiary/aromatic N) is 1. The van der Waals surface area contributed by atoms with E-state index in [9.17, 15) is 17.6 Å². The first-order valence-electron chi connectivity index (χ1n) is 6.48. The molecular formula is C14H15FN2O4S. The quantitative estimate of drug-likeness (QED) is 0.908. The average molecular weight is 326 g/mol. The molecule has 1 atom stereocenters. The summed E-state index contributed by atoms with van der Waals surface area (Å²) in [5, 5.41) is 4.63. The first-order chi connectivity index (χ1) is 10.3. The summed E-state index contributed by atoms with van der Waals surface area (Å²) in [5.41, 5.74) is 0.289. The molecule has 1 aromatic carbocycles. The molecule has 0 saturated heterocycles. The summed E-state index contributed by atoms with van der Waals surface area (Å²) >= 11 is 0. The van der Waals surface area contributed by atoms with Crippen LogP contribution in [-0.2, 0) is 20.4 Å². The molecular weight excluding hydrogens is 311 g/mol. The standard InChI is InChI=1S/C14H15FN2O4S/c1-9-6-13(17-21-9)16-14(18)10(2)22(19,20)8-11-4-3-5-12(15)7-11/h3-7,10H,8H2,1-2H3,(H,16,17,18). The van der Waals surface area contributed by atoms with Crippen LogP contribution in [0.5, 0.6) is 0 Å². The van der Waals surface area contributed by atoms with E-state index in [1.54, 1.807) is 6.92 Å². The SMILES string of the molecule is Cc1cc(NC(=O)C(C)S(=O)(=O)Cc2cccc(F)c2)no1. The van der Waals surface area contributed by atoms with E-state index >= 15 is 0 Å². The number of nitrogens with one attached hydrogen (secondary N) is 1. The molecule has 0 aliphatic heterocycles. The lowest BCUT2D eigenvalue weighted by atomic mass is 10.2. The van der Waals surface area contributed by atoms with Crippen LogP contribution in [0, 0.1) is 12.7 Å². The molecule has 2 aromatic rings. The fourth-order valence-electron chi connectivity index (χ4n) is 1.80. The Morgan fingerprint density at radius 3 is 2.73 bits per heavy atom. The number of halogens is 1. The maximum Gasteiger partial charge on any atom is 0.243 e. The van der Waals surface area contributed by atoms with Gasteiger partial charge in [-0.2, -0.15) is 0 Å². The predicted octanol–water partition coefficient (Wildman–Crippen LogP) is 2.06. The van der Waals surface area contributed by atoms with Crippen molar-refractivity contribution in [2.75, 3.05) is 5.32 Å². The molecule has 1 N–H and O–H groups in total. The minimum Gasteiger partial charge on any atom is -0.360 e. The second-order valence-electron chi connectivity index (χ2n) is 4.89. The topological polar surface area (TPSA) is 89.3 Å². The summed E-state index contributed by atoms with van der Waals surface area (Å²) in [5.74, 6) is -1.02. The van der Waals surface area contributed by atoms with Crippen molar-refractivity contribution < 1.29 is 22.1 Å². The van der Waals surface area contributed by atoms with Crippen LogP contribution in [-0.4, -0.2) is 24.7 Å². The molecule has 0 aliphatic carbocycles. The van der Waals surface area contributed by atoms with Gasteiger partial charge in [-0.05, 0) is 31.5 Å². The van der Waals surface area contributed by atoms with Crippen molar-refractivity contribution in [3.63, 3.8) is 0 Å². The summed E-state index contributed by atoms with van der Waals surface area (Å²) in [6, 6.07) is 6.74. The third kappa shape index (κ3) is 3.91. The molecule has 22 heavy (non-hydrogen) atoms. The fraction of sp³-hybridized carbons (Fsp3) is 0.286. The highest BCUT2D eigenvalue weighted by Gasteiger charge is 2.28. The van der Waals surface area contributed by atoms with Crippen molar-refractivity contribution in [1.82, 2.24) is 5.16 Å². The van der Waals surface area contributed by atoms with Gasteiger partial charge in [0.2, 0.25) is 5.91 Å². The van der Waals surface area contributed by atoms with Crippen molar-refractivity contribution in [3.05, 3.63) is 47.5 Å². The van der Waals surface area contributed by atoms with Gasteiger partial charge < -0.3 is 9.84 Å². The molecule has 0 radical (unpaired) electrons. The minimum absolute atomic E-state index is 0.148. The number of benzene rings is 1. The lowest BCUT2D eigenvalue weighted by Crippen LogP contribution is -2.33. The van der Waals surface area contributed by atoms with Gasteiger partial charge in [0.1, 0.15) is 16.8 Å². The number of amides is 1. The second-order valence-corrected chi connectivity index (χ2v) is 7.21. The Morgan fingerprint density at radius 1 is 1.41 bits per heavy atom. The molecule has 0 fully saturated rings. The van der Waals surface area contributed by atoms with Crippen molar-refractivity contribution >= 4 is 21.6 Å². The molecule has 6 nitrogen and oxygen atoms in total. The first-order valence-corrected chi connectivity index (χ1v) is 8.19. The Morgan fingerprint density at radius 2 is 2.14 bits per heavy atom. The number of rotatable bonds is 5. The molecule has 1 unspecified atom stereocenters. The molecule has 0 aliphatic rings. The van der Waals surface area contributed by atoms with Crippen molar-refractivity contribution in [2.24, 2.45) is 0 Å². The van der Waals surface area contributed by atoms with Gasteiger partial charge in [-0.3, -0.25) is 4.79 Å². The van der Waals surface area contributed by atoms with Gasteiger partial charge >= 0.3 is 0 Å². The zero-order valence-corrected chi connectivity index (χ0v) is 12.9. The maximum atomic E-state index is 13.1. The Balaban J connectivity index is 2.09. The molecule has 1 heterocycles. The van der Waals surface area contributed by atoms with Crippen molar-refractivity contribution in [3.8, 4) is 0 Å². The van der Waals surface area contributed by atoms with E-state index in [0.29, 0.717) is 5.76 Å². The highest BCUT2D eigenvalue weighted by Crippen LogP contribution is 2.15. The number of hydrogen-bond acceptors (Lipinski definition) is 5.